The Bertz CT molecular complexity index is 386. The molecule has 0 saturated heterocycles. The Balaban J connectivity index is 3.97. The Morgan fingerprint density at radius 2 is 1.95 bits per heavy atom. The molecule has 0 aliphatic carbocycles. The molecule has 0 radical (unpaired) electrons. The summed E-state index contributed by atoms with van der Waals surface area (Å²) in [6, 6.07) is -1.06. The summed E-state index contributed by atoms with van der Waals surface area (Å²) in [4.78, 5) is 32.7. The maximum Gasteiger partial charge on any atom is 0.333 e. The lowest BCUT2D eigenvalue weighted by atomic mass is 10.1. The first-order chi connectivity index (χ1) is 9.23. The summed E-state index contributed by atoms with van der Waals surface area (Å²) in [5, 5.41) is 26.6. The van der Waals surface area contributed by atoms with Gasteiger partial charge in [-0.05, 0) is 12.8 Å². The third kappa shape index (κ3) is 8.00. The van der Waals surface area contributed by atoms with Gasteiger partial charge in [0, 0.05) is 6.54 Å². The minimum absolute atomic E-state index is 0.188. The van der Waals surface area contributed by atoms with Gasteiger partial charge in [0.15, 0.2) is 12.1 Å². The molecule has 0 aliphatic heterocycles. The first-order valence-corrected chi connectivity index (χ1v) is 5.73. The lowest BCUT2D eigenvalue weighted by Gasteiger charge is -2.11. The van der Waals surface area contributed by atoms with Crippen molar-refractivity contribution in [2.24, 2.45) is 11.5 Å². The van der Waals surface area contributed by atoms with Crippen LogP contribution in [0, 0.1) is 5.41 Å². The van der Waals surface area contributed by atoms with E-state index in [9.17, 15) is 14.4 Å². The number of aliphatic hydroxyl groups is 1. The van der Waals surface area contributed by atoms with Crippen LogP contribution in [0.4, 0.5) is 0 Å². The second-order valence-corrected chi connectivity index (χ2v) is 3.94. The Kier molecular flexibility index (Phi) is 7.85. The molecule has 114 valence electrons. The normalized spacial score (nSPS) is 13.1. The number of nitrogens with one attached hydrogen (secondary N) is 2. The Morgan fingerprint density at radius 1 is 1.35 bits per heavy atom. The predicted octanol–water partition coefficient (Wildman–Crippen LogP) is -2.52. The molecule has 10 nitrogen and oxygen atoms in total. The van der Waals surface area contributed by atoms with Crippen molar-refractivity contribution in [3.05, 3.63) is 0 Å². The number of hydrogen-bond donors (Lipinski definition) is 6. The van der Waals surface area contributed by atoms with Crippen LogP contribution in [0.5, 0.6) is 0 Å². The van der Waals surface area contributed by atoms with Crippen molar-refractivity contribution < 1.29 is 29.3 Å². The van der Waals surface area contributed by atoms with Crippen LogP contribution in [0.15, 0.2) is 0 Å². The summed E-state index contributed by atoms with van der Waals surface area (Å²) in [6.45, 7) is 0.335. The van der Waals surface area contributed by atoms with Gasteiger partial charge < -0.3 is 31.7 Å². The average Bonchev–Trinajstić information content (AvgIpc) is 2.33. The van der Waals surface area contributed by atoms with Crippen molar-refractivity contribution >= 4 is 23.9 Å². The van der Waals surface area contributed by atoms with Crippen LogP contribution in [-0.4, -0.2) is 52.8 Å². The summed E-state index contributed by atoms with van der Waals surface area (Å²) in [7, 11) is 0. The zero-order valence-corrected chi connectivity index (χ0v) is 10.7. The number of carbonyl (C=O) groups excluding carboxylic acids is 2. The highest BCUT2D eigenvalue weighted by Crippen LogP contribution is 2.00. The molecule has 0 heterocycles. The van der Waals surface area contributed by atoms with Crippen LogP contribution >= 0.6 is 0 Å². The first-order valence-electron chi connectivity index (χ1n) is 5.73. The van der Waals surface area contributed by atoms with Crippen LogP contribution in [0.2, 0.25) is 0 Å². The molecule has 2 atom stereocenters. The van der Waals surface area contributed by atoms with E-state index in [0.29, 0.717) is 13.0 Å². The monoisotopic (exact) mass is 290 g/mol. The summed E-state index contributed by atoms with van der Waals surface area (Å²) in [5.41, 5.74) is 10.5. The number of hydrogen-bond acceptors (Lipinski definition) is 7. The fourth-order valence-electron chi connectivity index (χ4n) is 1.14. The van der Waals surface area contributed by atoms with E-state index in [2.05, 4.69) is 10.1 Å². The minimum atomic E-state index is -1.92. The third-order valence-corrected chi connectivity index (χ3v) is 2.17. The van der Waals surface area contributed by atoms with Crippen molar-refractivity contribution in [3.63, 3.8) is 0 Å². The van der Waals surface area contributed by atoms with E-state index in [-0.39, 0.29) is 12.4 Å². The number of aliphatic carboxylic acids is 1. The van der Waals surface area contributed by atoms with Gasteiger partial charge in [0.25, 0.3) is 0 Å². The van der Waals surface area contributed by atoms with E-state index in [1.165, 1.54) is 0 Å². The van der Waals surface area contributed by atoms with Crippen LogP contribution in [0.3, 0.4) is 0 Å². The van der Waals surface area contributed by atoms with Gasteiger partial charge in [-0.2, -0.15) is 0 Å². The van der Waals surface area contributed by atoms with E-state index < -0.39 is 36.5 Å². The molecule has 0 aromatic carbocycles. The van der Waals surface area contributed by atoms with Crippen molar-refractivity contribution in [2.45, 2.75) is 31.4 Å². The standard InChI is InChI=1S/C10H18N4O6/c11-5(2-1-3-14-10(12)13)9(19)20-7(16)4-6(15)8(17)18/h5-6,15H,1-4,11H2,(H,17,18)(H4,12,13,14)/t5-,6?/m0/s1. The van der Waals surface area contributed by atoms with E-state index in [0.717, 1.165) is 0 Å². The minimum Gasteiger partial charge on any atom is -0.479 e. The molecule has 8 N–H and O–H groups in total. The fourth-order valence-corrected chi connectivity index (χ4v) is 1.14. The quantitative estimate of drug-likeness (QED) is 0.0920. The number of aliphatic hydroxyl groups excluding tert-OH is 1. The van der Waals surface area contributed by atoms with E-state index in [1.807, 2.05) is 0 Å². The van der Waals surface area contributed by atoms with Crippen molar-refractivity contribution in [3.8, 4) is 0 Å². The second kappa shape index (κ2) is 8.82. The van der Waals surface area contributed by atoms with Gasteiger partial charge in [0.05, 0.1) is 6.42 Å². The van der Waals surface area contributed by atoms with Crippen LogP contribution in [0.1, 0.15) is 19.3 Å². The van der Waals surface area contributed by atoms with Gasteiger partial charge in [0.1, 0.15) is 6.04 Å². The molecule has 0 amide bonds. The molecule has 20 heavy (non-hydrogen) atoms. The Hall–Kier alpha value is -2.20. The van der Waals surface area contributed by atoms with E-state index in [1.54, 1.807) is 0 Å². The summed E-state index contributed by atoms with van der Waals surface area (Å²) in [5.74, 6) is -3.97. The zero-order valence-electron chi connectivity index (χ0n) is 10.7. The number of esters is 2. The maximum absolute atomic E-state index is 11.3. The number of carboxylic acid groups (broad SMARTS) is 1. The molecule has 0 bridgehead atoms. The molecule has 0 aromatic heterocycles. The molecular weight excluding hydrogens is 272 g/mol. The van der Waals surface area contributed by atoms with Gasteiger partial charge in [-0.3, -0.25) is 10.2 Å². The number of ether oxygens (including phenoxy) is 1. The third-order valence-electron chi connectivity index (χ3n) is 2.17. The van der Waals surface area contributed by atoms with Gasteiger partial charge in [-0.15, -0.1) is 0 Å². The predicted molar refractivity (Wildman–Crippen MR) is 66.5 cm³/mol. The van der Waals surface area contributed by atoms with Gasteiger partial charge >= 0.3 is 17.9 Å². The highest BCUT2D eigenvalue weighted by atomic mass is 16.6. The summed E-state index contributed by atoms with van der Waals surface area (Å²) in [6.07, 6.45) is -2.15. The largest absolute Gasteiger partial charge is 0.479 e. The molecular formula is C10H18N4O6. The van der Waals surface area contributed by atoms with Crippen molar-refractivity contribution in [2.75, 3.05) is 6.54 Å². The van der Waals surface area contributed by atoms with E-state index in [4.69, 9.17) is 27.1 Å². The lowest BCUT2D eigenvalue weighted by Crippen LogP contribution is -2.36. The number of nitrogens with two attached hydrogens (primary N) is 2. The molecule has 10 heteroatoms. The summed E-state index contributed by atoms with van der Waals surface area (Å²) < 4.78 is 4.30. The fraction of sp³-hybridized carbons (Fsp3) is 0.600. The van der Waals surface area contributed by atoms with Crippen LogP contribution in [0.25, 0.3) is 0 Å². The van der Waals surface area contributed by atoms with Gasteiger partial charge in [-0.1, -0.05) is 0 Å². The molecule has 0 saturated carbocycles. The topological polar surface area (TPSA) is 189 Å². The van der Waals surface area contributed by atoms with Crippen molar-refractivity contribution in [1.29, 1.82) is 5.41 Å². The molecule has 0 rings (SSSR count). The van der Waals surface area contributed by atoms with Crippen LogP contribution in [-0.2, 0) is 19.1 Å². The van der Waals surface area contributed by atoms with E-state index >= 15 is 0 Å². The highest BCUT2D eigenvalue weighted by Gasteiger charge is 2.23. The highest BCUT2D eigenvalue weighted by molar-refractivity contribution is 5.90. The zero-order chi connectivity index (χ0) is 15.7. The molecule has 1 unspecified atom stereocenters. The number of carbonyl (C=O) groups is 3. The smallest absolute Gasteiger partial charge is 0.333 e. The number of rotatable bonds is 8. The molecule has 0 aromatic rings. The average molecular weight is 290 g/mol. The van der Waals surface area contributed by atoms with Gasteiger partial charge in [-0.25, -0.2) is 9.59 Å². The Morgan fingerprint density at radius 3 is 2.45 bits per heavy atom. The molecule has 0 spiro atoms. The van der Waals surface area contributed by atoms with Gasteiger partial charge in [0.2, 0.25) is 0 Å². The maximum atomic E-state index is 11.3. The molecule has 0 aliphatic rings. The SMILES string of the molecule is N=C(N)NCCC[C@H](N)C(=O)OC(=O)CC(O)C(=O)O. The first kappa shape index (κ1) is 17.8. The lowest BCUT2D eigenvalue weighted by molar-refractivity contribution is -0.165. The van der Waals surface area contributed by atoms with Crippen molar-refractivity contribution in [1.82, 2.24) is 5.32 Å². The van der Waals surface area contributed by atoms with Crippen LogP contribution < -0.4 is 16.8 Å². The number of carboxylic acids is 1. The second-order valence-electron chi connectivity index (χ2n) is 3.94. The number of guanidine groups is 1. The Labute approximate surface area is 114 Å². The summed E-state index contributed by atoms with van der Waals surface area (Å²) >= 11 is 0. The molecule has 0 fully saturated rings.